The maximum Gasteiger partial charge on any atom is 0.317 e. The minimum atomic E-state index is -0.0679. The molecule has 2 aromatic rings. The first-order valence-electron chi connectivity index (χ1n) is 8.17. The van der Waals surface area contributed by atoms with E-state index in [0.29, 0.717) is 13.1 Å². The van der Waals surface area contributed by atoms with Crippen LogP contribution in [0.1, 0.15) is 22.3 Å². The number of hydrogen-bond acceptors (Lipinski definition) is 2. The second kappa shape index (κ2) is 8.39. The predicted molar refractivity (Wildman–Crippen MR) is 97.5 cm³/mol. The number of ether oxygens (including phenoxy) is 1. The van der Waals surface area contributed by atoms with Gasteiger partial charge >= 0.3 is 6.03 Å². The second-order valence-corrected chi connectivity index (χ2v) is 6.13. The number of rotatable bonds is 6. The van der Waals surface area contributed by atoms with Crippen LogP contribution >= 0.6 is 0 Å². The minimum absolute atomic E-state index is 0.0679. The molecular weight excluding hydrogens is 300 g/mol. The SMILES string of the molecule is COc1cc(CN(C)C(=O)NCCc2ccc(C)cc2)ccc1C. The number of carbonyl (C=O) groups excluding carboxylic acids is 1. The van der Waals surface area contributed by atoms with E-state index < -0.39 is 0 Å². The first kappa shape index (κ1) is 17.9. The van der Waals surface area contributed by atoms with E-state index in [4.69, 9.17) is 4.74 Å². The highest BCUT2D eigenvalue weighted by atomic mass is 16.5. The van der Waals surface area contributed by atoms with Gasteiger partial charge < -0.3 is 15.0 Å². The first-order valence-corrected chi connectivity index (χ1v) is 8.17. The third-order valence-electron chi connectivity index (χ3n) is 4.05. The van der Waals surface area contributed by atoms with Crippen molar-refractivity contribution in [3.8, 4) is 5.75 Å². The zero-order valence-electron chi connectivity index (χ0n) is 14.9. The Morgan fingerprint density at radius 3 is 2.42 bits per heavy atom. The molecule has 1 N–H and O–H groups in total. The molecule has 0 spiro atoms. The van der Waals surface area contributed by atoms with Crippen molar-refractivity contribution in [1.82, 2.24) is 10.2 Å². The molecule has 24 heavy (non-hydrogen) atoms. The number of urea groups is 1. The summed E-state index contributed by atoms with van der Waals surface area (Å²) in [6.45, 7) is 5.25. The fourth-order valence-electron chi connectivity index (χ4n) is 2.51. The molecule has 4 heteroatoms. The molecule has 0 aliphatic heterocycles. The molecule has 0 radical (unpaired) electrons. The van der Waals surface area contributed by atoms with Gasteiger partial charge in [-0.15, -0.1) is 0 Å². The van der Waals surface area contributed by atoms with Crippen LogP contribution in [-0.4, -0.2) is 31.6 Å². The molecule has 0 atom stereocenters. The summed E-state index contributed by atoms with van der Waals surface area (Å²) in [5, 5.41) is 2.96. The third kappa shape index (κ3) is 5.01. The molecule has 0 heterocycles. The first-order chi connectivity index (χ1) is 11.5. The zero-order valence-corrected chi connectivity index (χ0v) is 14.9. The van der Waals surface area contributed by atoms with Crippen molar-refractivity contribution in [1.29, 1.82) is 0 Å². The number of hydrogen-bond donors (Lipinski definition) is 1. The summed E-state index contributed by atoms with van der Waals surface area (Å²) in [5.41, 5.74) is 4.61. The molecule has 4 nitrogen and oxygen atoms in total. The number of aryl methyl sites for hydroxylation is 2. The van der Waals surface area contributed by atoms with Gasteiger partial charge in [-0.25, -0.2) is 4.79 Å². The molecule has 0 aromatic heterocycles. The number of amides is 2. The van der Waals surface area contributed by atoms with Crippen LogP contribution in [-0.2, 0) is 13.0 Å². The molecule has 128 valence electrons. The van der Waals surface area contributed by atoms with Crippen molar-refractivity contribution in [2.75, 3.05) is 20.7 Å². The summed E-state index contributed by atoms with van der Waals surface area (Å²) < 4.78 is 5.33. The lowest BCUT2D eigenvalue weighted by Gasteiger charge is -2.19. The van der Waals surface area contributed by atoms with Crippen molar-refractivity contribution in [3.05, 3.63) is 64.7 Å². The highest BCUT2D eigenvalue weighted by Gasteiger charge is 2.09. The Morgan fingerprint density at radius 2 is 1.75 bits per heavy atom. The Morgan fingerprint density at radius 1 is 1.08 bits per heavy atom. The van der Waals surface area contributed by atoms with E-state index in [1.807, 2.05) is 25.1 Å². The average molecular weight is 326 g/mol. The maximum absolute atomic E-state index is 12.2. The fourth-order valence-corrected chi connectivity index (χ4v) is 2.51. The fraction of sp³-hybridized carbons (Fsp3) is 0.350. The van der Waals surface area contributed by atoms with Crippen LogP contribution in [0.3, 0.4) is 0 Å². The Bertz CT molecular complexity index is 681. The molecular formula is C20H26N2O2. The van der Waals surface area contributed by atoms with E-state index >= 15 is 0 Å². The predicted octanol–water partition coefficient (Wildman–Crippen LogP) is 3.70. The molecule has 0 fully saturated rings. The molecule has 0 saturated heterocycles. The van der Waals surface area contributed by atoms with Gasteiger partial charge in [0.15, 0.2) is 0 Å². The van der Waals surface area contributed by atoms with Crippen LogP contribution in [0.5, 0.6) is 5.75 Å². The Balaban J connectivity index is 1.82. The zero-order chi connectivity index (χ0) is 17.5. The van der Waals surface area contributed by atoms with Crippen LogP contribution in [0.15, 0.2) is 42.5 Å². The van der Waals surface area contributed by atoms with Gasteiger partial charge in [0.2, 0.25) is 0 Å². The van der Waals surface area contributed by atoms with Crippen LogP contribution < -0.4 is 10.1 Å². The van der Waals surface area contributed by atoms with Crippen molar-refractivity contribution in [2.24, 2.45) is 0 Å². The Hall–Kier alpha value is -2.49. The van der Waals surface area contributed by atoms with Crippen LogP contribution in [0.2, 0.25) is 0 Å². The van der Waals surface area contributed by atoms with Gasteiger partial charge in [0.1, 0.15) is 5.75 Å². The Kier molecular flexibility index (Phi) is 6.24. The summed E-state index contributed by atoms with van der Waals surface area (Å²) >= 11 is 0. The lowest BCUT2D eigenvalue weighted by molar-refractivity contribution is 0.207. The largest absolute Gasteiger partial charge is 0.496 e. The topological polar surface area (TPSA) is 41.6 Å². The lowest BCUT2D eigenvalue weighted by Crippen LogP contribution is -2.37. The van der Waals surface area contributed by atoms with Crippen molar-refractivity contribution in [2.45, 2.75) is 26.8 Å². The standard InChI is InChI=1S/C20H26N2O2/c1-15-5-8-17(9-6-15)11-12-21-20(23)22(3)14-18-10-7-16(2)19(13-18)24-4/h5-10,13H,11-12,14H2,1-4H3,(H,21,23). The van der Waals surface area contributed by atoms with Crippen LogP contribution in [0.4, 0.5) is 4.79 Å². The molecule has 0 aliphatic carbocycles. The number of benzene rings is 2. The van der Waals surface area contributed by atoms with E-state index in [2.05, 4.69) is 36.5 Å². The van der Waals surface area contributed by atoms with Gasteiger partial charge in [-0.1, -0.05) is 42.0 Å². The van der Waals surface area contributed by atoms with Crippen LogP contribution in [0.25, 0.3) is 0 Å². The van der Waals surface area contributed by atoms with E-state index in [1.54, 1.807) is 19.1 Å². The van der Waals surface area contributed by atoms with E-state index in [-0.39, 0.29) is 6.03 Å². The Labute approximate surface area is 144 Å². The molecule has 2 aromatic carbocycles. The van der Waals surface area contributed by atoms with E-state index in [9.17, 15) is 4.79 Å². The third-order valence-corrected chi connectivity index (χ3v) is 4.05. The van der Waals surface area contributed by atoms with Crippen molar-refractivity contribution < 1.29 is 9.53 Å². The molecule has 2 amide bonds. The quantitative estimate of drug-likeness (QED) is 0.879. The molecule has 2 rings (SSSR count). The summed E-state index contributed by atoms with van der Waals surface area (Å²) in [6, 6.07) is 14.3. The van der Waals surface area contributed by atoms with Gasteiger partial charge in [-0.2, -0.15) is 0 Å². The highest BCUT2D eigenvalue weighted by Crippen LogP contribution is 2.19. The normalized spacial score (nSPS) is 10.3. The van der Waals surface area contributed by atoms with Gasteiger partial charge in [0, 0.05) is 20.1 Å². The maximum atomic E-state index is 12.2. The van der Waals surface area contributed by atoms with Gasteiger partial charge in [-0.05, 0) is 43.0 Å². The van der Waals surface area contributed by atoms with Crippen molar-refractivity contribution in [3.63, 3.8) is 0 Å². The highest BCUT2D eigenvalue weighted by molar-refractivity contribution is 5.73. The molecule has 0 aliphatic rings. The van der Waals surface area contributed by atoms with Crippen LogP contribution in [0, 0.1) is 13.8 Å². The number of nitrogens with one attached hydrogen (secondary N) is 1. The summed E-state index contributed by atoms with van der Waals surface area (Å²) in [4.78, 5) is 13.9. The summed E-state index contributed by atoms with van der Waals surface area (Å²) in [6.07, 6.45) is 0.832. The summed E-state index contributed by atoms with van der Waals surface area (Å²) in [7, 11) is 3.46. The molecule has 0 saturated carbocycles. The molecule has 0 unspecified atom stereocenters. The van der Waals surface area contributed by atoms with Gasteiger partial charge in [0.25, 0.3) is 0 Å². The number of methoxy groups -OCH3 is 1. The second-order valence-electron chi connectivity index (χ2n) is 6.13. The van der Waals surface area contributed by atoms with E-state index in [0.717, 1.165) is 23.3 Å². The number of nitrogens with zero attached hydrogens (tertiary/aromatic N) is 1. The summed E-state index contributed by atoms with van der Waals surface area (Å²) in [5.74, 6) is 0.848. The average Bonchev–Trinajstić information content (AvgIpc) is 2.58. The van der Waals surface area contributed by atoms with E-state index in [1.165, 1.54) is 11.1 Å². The van der Waals surface area contributed by atoms with Crippen molar-refractivity contribution >= 4 is 6.03 Å². The smallest absolute Gasteiger partial charge is 0.317 e. The van der Waals surface area contributed by atoms with Gasteiger partial charge in [0.05, 0.1) is 7.11 Å². The lowest BCUT2D eigenvalue weighted by atomic mass is 10.1. The van der Waals surface area contributed by atoms with Gasteiger partial charge in [-0.3, -0.25) is 0 Å². The molecule has 0 bridgehead atoms. The monoisotopic (exact) mass is 326 g/mol. The number of carbonyl (C=O) groups is 1. The minimum Gasteiger partial charge on any atom is -0.496 e.